The van der Waals surface area contributed by atoms with Gasteiger partial charge in [0, 0.05) is 32.1 Å². The van der Waals surface area contributed by atoms with Crippen molar-refractivity contribution in [3.05, 3.63) is 24.3 Å². The SMILES string of the molecule is CNCC(C)C(=O)N1CCN(CC2CC2)c2ccccc21.Cl.Cl. The number of amides is 1. The quantitative estimate of drug-likeness (QED) is 0.877. The maximum atomic E-state index is 12.7. The number of anilines is 2. The summed E-state index contributed by atoms with van der Waals surface area (Å²) < 4.78 is 0. The summed E-state index contributed by atoms with van der Waals surface area (Å²) in [7, 11) is 1.89. The molecule has 23 heavy (non-hydrogen) atoms. The minimum absolute atomic E-state index is 0. The van der Waals surface area contributed by atoms with Gasteiger partial charge in [-0.3, -0.25) is 4.79 Å². The molecule has 0 aromatic heterocycles. The van der Waals surface area contributed by atoms with E-state index in [1.165, 1.54) is 18.5 Å². The van der Waals surface area contributed by atoms with Gasteiger partial charge in [-0.15, -0.1) is 24.8 Å². The van der Waals surface area contributed by atoms with Crippen molar-refractivity contribution in [2.24, 2.45) is 11.8 Å². The highest BCUT2D eigenvalue weighted by atomic mass is 35.5. The third-order valence-electron chi connectivity index (χ3n) is 4.48. The number of benzene rings is 1. The molecular weight excluding hydrogens is 333 g/mol. The van der Waals surface area contributed by atoms with Crippen LogP contribution >= 0.6 is 24.8 Å². The van der Waals surface area contributed by atoms with Crippen molar-refractivity contribution in [3.8, 4) is 0 Å². The molecule has 6 heteroatoms. The largest absolute Gasteiger partial charge is 0.368 e. The van der Waals surface area contributed by atoms with Crippen molar-refractivity contribution >= 4 is 42.1 Å². The molecule has 0 bridgehead atoms. The number of hydrogen-bond acceptors (Lipinski definition) is 3. The maximum Gasteiger partial charge on any atom is 0.231 e. The highest BCUT2D eigenvalue weighted by Crippen LogP contribution is 2.37. The standard InChI is InChI=1S/C17H25N3O.2ClH/c1-13(11-18-2)17(21)20-10-9-19(12-14-7-8-14)15-5-3-4-6-16(15)20;;/h3-6,13-14,18H,7-12H2,1-2H3;2*1H. The van der Waals surface area contributed by atoms with Gasteiger partial charge in [-0.05, 0) is 37.9 Å². The molecule has 1 fully saturated rings. The average Bonchev–Trinajstić information content (AvgIpc) is 3.31. The van der Waals surface area contributed by atoms with Crippen LogP contribution in [0.15, 0.2) is 24.3 Å². The van der Waals surface area contributed by atoms with Crippen molar-refractivity contribution in [3.63, 3.8) is 0 Å². The van der Waals surface area contributed by atoms with Gasteiger partial charge in [-0.2, -0.15) is 0 Å². The molecule has 0 radical (unpaired) electrons. The Morgan fingerprint density at radius 2 is 1.87 bits per heavy atom. The zero-order valence-electron chi connectivity index (χ0n) is 13.8. The highest BCUT2D eigenvalue weighted by molar-refractivity contribution is 5.99. The van der Waals surface area contributed by atoms with E-state index in [0.29, 0.717) is 0 Å². The van der Waals surface area contributed by atoms with E-state index in [1.807, 2.05) is 24.9 Å². The predicted octanol–water partition coefficient (Wildman–Crippen LogP) is 2.95. The molecule has 1 heterocycles. The minimum atomic E-state index is 0. The Kier molecular flexibility index (Phi) is 7.65. The molecule has 1 saturated carbocycles. The Balaban J connectivity index is 0.00000132. The normalized spacial score (nSPS) is 17.7. The van der Waals surface area contributed by atoms with E-state index in [0.717, 1.165) is 37.8 Å². The van der Waals surface area contributed by atoms with Crippen LogP contribution in [0.4, 0.5) is 11.4 Å². The molecule has 1 N–H and O–H groups in total. The lowest BCUT2D eigenvalue weighted by Gasteiger charge is -2.38. The molecule has 1 atom stereocenters. The van der Waals surface area contributed by atoms with Crippen LogP contribution in [0.5, 0.6) is 0 Å². The van der Waals surface area contributed by atoms with Crippen molar-refractivity contribution in [2.45, 2.75) is 19.8 Å². The van der Waals surface area contributed by atoms with Crippen LogP contribution in [0.2, 0.25) is 0 Å². The van der Waals surface area contributed by atoms with E-state index < -0.39 is 0 Å². The summed E-state index contributed by atoms with van der Waals surface area (Å²) in [5, 5.41) is 3.10. The monoisotopic (exact) mass is 359 g/mol. The van der Waals surface area contributed by atoms with Gasteiger partial charge in [-0.1, -0.05) is 19.1 Å². The fourth-order valence-corrected chi connectivity index (χ4v) is 3.11. The molecule has 1 aromatic carbocycles. The lowest BCUT2D eigenvalue weighted by molar-refractivity contribution is -0.121. The lowest BCUT2D eigenvalue weighted by Crippen LogP contribution is -2.47. The first-order valence-corrected chi connectivity index (χ1v) is 8.00. The van der Waals surface area contributed by atoms with Crippen molar-refractivity contribution < 1.29 is 4.79 Å². The molecule has 1 unspecified atom stereocenters. The fraction of sp³-hybridized carbons (Fsp3) is 0.588. The molecule has 2 aliphatic rings. The molecule has 1 aliphatic heterocycles. The zero-order chi connectivity index (χ0) is 14.8. The van der Waals surface area contributed by atoms with Crippen LogP contribution < -0.4 is 15.1 Å². The van der Waals surface area contributed by atoms with Crippen LogP contribution in [-0.2, 0) is 4.79 Å². The van der Waals surface area contributed by atoms with Crippen LogP contribution in [0.3, 0.4) is 0 Å². The van der Waals surface area contributed by atoms with E-state index in [1.54, 1.807) is 0 Å². The second-order valence-electron chi connectivity index (χ2n) is 6.33. The van der Waals surface area contributed by atoms with Crippen LogP contribution in [0.1, 0.15) is 19.8 Å². The number of halogens is 2. The van der Waals surface area contributed by atoms with Crippen molar-refractivity contribution in [1.29, 1.82) is 0 Å². The number of rotatable bonds is 5. The average molecular weight is 360 g/mol. The van der Waals surface area contributed by atoms with E-state index in [9.17, 15) is 4.79 Å². The van der Waals surface area contributed by atoms with E-state index in [2.05, 4.69) is 28.4 Å². The van der Waals surface area contributed by atoms with E-state index in [4.69, 9.17) is 0 Å². The van der Waals surface area contributed by atoms with Gasteiger partial charge in [0.15, 0.2) is 0 Å². The Morgan fingerprint density at radius 1 is 1.22 bits per heavy atom. The van der Waals surface area contributed by atoms with Crippen LogP contribution in [0, 0.1) is 11.8 Å². The fourth-order valence-electron chi connectivity index (χ4n) is 3.11. The molecule has 130 valence electrons. The summed E-state index contributed by atoms with van der Waals surface area (Å²) in [5.41, 5.74) is 2.30. The second kappa shape index (κ2) is 8.76. The Labute approximate surface area is 151 Å². The summed E-state index contributed by atoms with van der Waals surface area (Å²) >= 11 is 0. The lowest BCUT2D eigenvalue weighted by atomic mass is 10.1. The van der Waals surface area contributed by atoms with Gasteiger partial charge >= 0.3 is 0 Å². The number of carbonyl (C=O) groups is 1. The van der Waals surface area contributed by atoms with Gasteiger partial charge < -0.3 is 15.1 Å². The second-order valence-corrected chi connectivity index (χ2v) is 6.33. The summed E-state index contributed by atoms with van der Waals surface area (Å²) in [6, 6.07) is 8.34. The number of para-hydroxylation sites is 2. The Hall–Kier alpha value is -0.970. The molecule has 1 aliphatic carbocycles. The predicted molar refractivity (Wildman–Crippen MR) is 101 cm³/mol. The third kappa shape index (κ3) is 4.52. The smallest absolute Gasteiger partial charge is 0.231 e. The van der Waals surface area contributed by atoms with Gasteiger partial charge in [-0.25, -0.2) is 0 Å². The molecular formula is C17H27Cl2N3O. The first-order valence-electron chi connectivity index (χ1n) is 8.00. The molecule has 4 nitrogen and oxygen atoms in total. The highest BCUT2D eigenvalue weighted by Gasteiger charge is 2.31. The number of fused-ring (bicyclic) bond motifs is 1. The third-order valence-corrected chi connectivity index (χ3v) is 4.48. The maximum absolute atomic E-state index is 12.7. The summed E-state index contributed by atoms with van der Waals surface area (Å²) in [6.07, 6.45) is 2.72. The van der Waals surface area contributed by atoms with Crippen molar-refractivity contribution in [2.75, 3.05) is 43.0 Å². The summed E-state index contributed by atoms with van der Waals surface area (Å²) in [5.74, 6) is 1.10. The van der Waals surface area contributed by atoms with Crippen LogP contribution in [-0.4, -0.2) is 39.1 Å². The summed E-state index contributed by atoms with van der Waals surface area (Å²) in [6.45, 7) is 5.62. The molecule has 1 aromatic rings. The molecule has 1 amide bonds. The molecule has 3 rings (SSSR count). The first-order chi connectivity index (χ1) is 10.2. The van der Waals surface area contributed by atoms with Gasteiger partial charge in [0.05, 0.1) is 11.4 Å². The summed E-state index contributed by atoms with van der Waals surface area (Å²) in [4.78, 5) is 17.1. The number of nitrogens with one attached hydrogen (secondary N) is 1. The zero-order valence-corrected chi connectivity index (χ0v) is 15.5. The van der Waals surface area contributed by atoms with Gasteiger partial charge in [0.1, 0.15) is 0 Å². The minimum Gasteiger partial charge on any atom is -0.368 e. The number of carbonyl (C=O) groups excluding carboxylic acids is 1. The van der Waals surface area contributed by atoms with E-state index in [-0.39, 0.29) is 36.6 Å². The first kappa shape index (κ1) is 20.1. The topological polar surface area (TPSA) is 35.6 Å². The van der Waals surface area contributed by atoms with Crippen molar-refractivity contribution in [1.82, 2.24) is 5.32 Å². The van der Waals surface area contributed by atoms with Gasteiger partial charge in [0.25, 0.3) is 0 Å². The van der Waals surface area contributed by atoms with Crippen LogP contribution in [0.25, 0.3) is 0 Å². The molecule has 0 spiro atoms. The number of hydrogen-bond donors (Lipinski definition) is 1. The number of nitrogens with zero attached hydrogens (tertiary/aromatic N) is 2. The molecule has 0 saturated heterocycles. The Morgan fingerprint density at radius 3 is 2.48 bits per heavy atom. The Bertz CT molecular complexity index is 522. The van der Waals surface area contributed by atoms with E-state index >= 15 is 0 Å². The van der Waals surface area contributed by atoms with Gasteiger partial charge in [0.2, 0.25) is 5.91 Å².